The first kappa shape index (κ1) is 30.5. The smallest absolute Gasteiger partial charge is 0.334 e. The maximum Gasteiger partial charge on any atom is 0.334 e. The summed E-state index contributed by atoms with van der Waals surface area (Å²) in [5, 5.41) is 60.6. The van der Waals surface area contributed by atoms with Gasteiger partial charge < -0.3 is 49.6 Å². The van der Waals surface area contributed by atoms with Crippen molar-refractivity contribution >= 4 is 11.9 Å². The van der Waals surface area contributed by atoms with Gasteiger partial charge >= 0.3 is 11.9 Å². The van der Waals surface area contributed by atoms with Crippen molar-refractivity contribution in [3.63, 3.8) is 0 Å². The van der Waals surface area contributed by atoms with Crippen LogP contribution in [0.5, 0.6) is 0 Å². The minimum absolute atomic E-state index is 0.00395. The second-order valence-electron chi connectivity index (χ2n) is 10.7. The highest BCUT2D eigenvalue weighted by molar-refractivity contribution is 5.88. The maximum absolute atomic E-state index is 12.4. The Kier molecular flexibility index (Phi) is 10.3. The number of allylic oxidation sites excluding steroid dienone is 1. The summed E-state index contributed by atoms with van der Waals surface area (Å²) in [6.07, 6.45) is -3.40. The van der Waals surface area contributed by atoms with Gasteiger partial charge in [-0.25, -0.2) is 9.59 Å². The highest BCUT2D eigenvalue weighted by Gasteiger charge is 2.56. The quantitative estimate of drug-likeness (QED) is 0.153. The highest BCUT2D eigenvalue weighted by atomic mass is 16.8. The molecule has 0 spiro atoms. The number of aliphatic hydroxyl groups excluding tert-OH is 4. The molecule has 2 fully saturated rings. The third-order valence-electron chi connectivity index (χ3n) is 7.75. The molecule has 38 heavy (non-hydrogen) atoms. The number of ether oxygens (including phenoxy) is 4. The van der Waals surface area contributed by atoms with Crippen LogP contribution in [0.15, 0.2) is 23.5 Å². The summed E-state index contributed by atoms with van der Waals surface area (Å²) in [7, 11) is 0. The first-order valence-electron chi connectivity index (χ1n) is 13.0. The zero-order valence-electron chi connectivity index (χ0n) is 21.9. The number of fused-ring (bicyclic) bond motifs is 1. The molecule has 0 bridgehead atoms. The minimum Gasteiger partial charge on any atom is -0.478 e. The van der Waals surface area contributed by atoms with E-state index in [0.717, 1.165) is 12.7 Å². The Bertz CT molecular complexity index is 899. The van der Waals surface area contributed by atoms with Crippen molar-refractivity contribution in [3.05, 3.63) is 23.5 Å². The molecule has 2 aliphatic heterocycles. The summed E-state index contributed by atoms with van der Waals surface area (Å²) in [5.74, 6) is -2.86. The Hall–Kier alpha value is -2.06. The Morgan fingerprint density at radius 3 is 2.55 bits per heavy atom. The Labute approximate surface area is 221 Å². The number of aliphatic carboxylic acids is 1. The van der Waals surface area contributed by atoms with E-state index < -0.39 is 73.0 Å². The predicted octanol–water partition coefficient (Wildman–Crippen LogP) is 0.201. The van der Waals surface area contributed by atoms with Crippen LogP contribution in [0.25, 0.3) is 0 Å². The summed E-state index contributed by atoms with van der Waals surface area (Å²) in [4.78, 5) is 24.0. The largest absolute Gasteiger partial charge is 0.478 e. The van der Waals surface area contributed by atoms with Gasteiger partial charge in [0.25, 0.3) is 0 Å². The van der Waals surface area contributed by atoms with Gasteiger partial charge in [-0.05, 0) is 51.9 Å². The summed E-state index contributed by atoms with van der Waals surface area (Å²) in [6, 6.07) is 0. The number of hydrogen-bond acceptors (Lipinski definition) is 11. The second-order valence-corrected chi connectivity index (χ2v) is 10.7. The van der Waals surface area contributed by atoms with Gasteiger partial charge in [0.2, 0.25) is 6.29 Å². The molecule has 216 valence electrons. The van der Waals surface area contributed by atoms with Crippen molar-refractivity contribution in [1.29, 1.82) is 0 Å². The number of carboxylic acids is 1. The van der Waals surface area contributed by atoms with Crippen molar-refractivity contribution in [3.8, 4) is 0 Å². The zero-order valence-corrected chi connectivity index (χ0v) is 21.9. The molecular formula is C26H40O12. The second kappa shape index (κ2) is 12.9. The Morgan fingerprint density at radius 1 is 1.18 bits per heavy atom. The van der Waals surface area contributed by atoms with Gasteiger partial charge in [0.05, 0.1) is 23.4 Å². The standard InChI is InChI=1S/C26H40O12/c1-13(8-10-27)5-4-6-14(2)23(33)35-12-17-19(28)20(29)21(30)25(37-17)38-24-18-15(7-9-26(18,3)34)16(11-36-24)22(31)32/h6,11,13,15,17-21,24-25,27-30,34H,4-5,7-10,12H2,1-3H3,(H,31,32). The average Bonchev–Trinajstić information content (AvgIpc) is 3.18. The van der Waals surface area contributed by atoms with Crippen molar-refractivity contribution in [2.45, 2.75) is 95.5 Å². The van der Waals surface area contributed by atoms with Crippen LogP contribution in [0, 0.1) is 17.8 Å². The lowest BCUT2D eigenvalue weighted by atomic mass is 9.81. The van der Waals surface area contributed by atoms with E-state index in [0.29, 0.717) is 37.2 Å². The molecule has 0 radical (unpaired) electrons. The third kappa shape index (κ3) is 6.92. The van der Waals surface area contributed by atoms with Crippen LogP contribution in [0.4, 0.5) is 0 Å². The number of rotatable bonds is 11. The average molecular weight is 545 g/mol. The molecule has 3 aliphatic rings. The normalized spacial score (nSPS) is 38.1. The summed E-state index contributed by atoms with van der Waals surface area (Å²) in [6.45, 7) is 4.81. The highest BCUT2D eigenvalue weighted by Crippen LogP contribution is 2.49. The SMILES string of the molecule is CC(=CCCC(C)CCO)C(=O)OCC1OC(OC2OC=C(C(=O)O)C3CCC(C)(O)C23)C(O)C(O)C1O. The number of carbonyl (C=O) groups is 2. The van der Waals surface area contributed by atoms with Crippen LogP contribution in [0.3, 0.4) is 0 Å². The molecule has 1 aliphatic carbocycles. The summed E-state index contributed by atoms with van der Waals surface area (Å²) >= 11 is 0. The molecule has 0 aromatic heterocycles. The number of esters is 1. The van der Waals surface area contributed by atoms with E-state index in [1.54, 1.807) is 19.9 Å². The fourth-order valence-corrected chi connectivity index (χ4v) is 5.30. The fourth-order valence-electron chi connectivity index (χ4n) is 5.30. The fraction of sp³-hybridized carbons (Fsp3) is 0.769. The first-order chi connectivity index (χ1) is 17.9. The Morgan fingerprint density at radius 2 is 1.89 bits per heavy atom. The number of aliphatic hydroxyl groups is 5. The molecule has 0 amide bonds. The van der Waals surface area contributed by atoms with Crippen molar-refractivity contribution < 1.29 is 59.2 Å². The summed E-state index contributed by atoms with van der Waals surface area (Å²) < 4.78 is 22.2. The lowest BCUT2D eigenvalue weighted by molar-refractivity contribution is -0.346. The van der Waals surface area contributed by atoms with Crippen LogP contribution in [-0.4, -0.2) is 98.4 Å². The van der Waals surface area contributed by atoms with E-state index in [2.05, 4.69) is 0 Å². The molecule has 0 aromatic rings. The van der Waals surface area contributed by atoms with Crippen molar-refractivity contribution in [1.82, 2.24) is 0 Å². The van der Waals surface area contributed by atoms with E-state index in [-0.39, 0.29) is 12.2 Å². The van der Waals surface area contributed by atoms with Crippen LogP contribution in [-0.2, 0) is 28.5 Å². The van der Waals surface area contributed by atoms with E-state index in [1.165, 1.54) is 0 Å². The number of hydrogen-bond donors (Lipinski definition) is 6. The topological polar surface area (TPSA) is 192 Å². The molecule has 12 heteroatoms. The summed E-state index contributed by atoms with van der Waals surface area (Å²) in [5.41, 5.74) is -0.966. The molecule has 10 unspecified atom stereocenters. The van der Waals surface area contributed by atoms with E-state index in [9.17, 15) is 35.1 Å². The van der Waals surface area contributed by atoms with Gasteiger partial charge in [-0.1, -0.05) is 13.0 Å². The maximum atomic E-state index is 12.4. The molecule has 6 N–H and O–H groups in total. The van der Waals surface area contributed by atoms with Crippen molar-refractivity contribution in [2.24, 2.45) is 17.8 Å². The van der Waals surface area contributed by atoms with Crippen LogP contribution >= 0.6 is 0 Å². The van der Waals surface area contributed by atoms with Crippen molar-refractivity contribution in [2.75, 3.05) is 13.2 Å². The monoisotopic (exact) mass is 544 g/mol. The van der Waals surface area contributed by atoms with Gasteiger partial charge in [0.15, 0.2) is 6.29 Å². The molecular weight excluding hydrogens is 504 g/mol. The first-order valence-corrected chi connectivity index (χ1v) is 13.0. The zero-order chi connectivity index (χ0) is 28.2. The molecule has 0 aromatic carbocycles. The number of carbonyl (C=O) groups excluding carboxylic acids is 1. The van der Waals surface area contributed by atoms with Crippen LogP contribution < -0.4 is 0 Å². The van der Waals surface area contributed by atoms with Gasteiger partial charge in [-0.3, -0.25) is 0 Å². The predicted molar refractivity (Wildman–Crippen MR) is 130 cm³/mol. The van der Waals surface area contributed by atoms with E-state index in [4.69, 9.17) is 24.1 Å². The Balaban J connectivity index is 1.63. The van der Waals surface area contributed by atoms with Crippen LogP contribution in [0.2, 0.25) is 0 Å². The lowest BCUT2D eigenvalue weighted by Gasteiger charge is -2.44. The molecule has 3 rings (SSSR count). The molecule has 2 heterocycles. The third-order valence-corrected chi connectivity index (χ3v) is 7.75. The molecule has 1 saturated heterocycles. The van der Waals surface area contributed by atoms with Gasteiger partial charge in [-0.15, -0.1) is 0 Å². The van der Waals surface area contributed by atoms with Gasteiger partial charge in [0.1, 0.15) is 31.0 Å². The van der Waals surface area contributed by atoms with Crippen LogP contribution in [0.1, 0.15) is 52.9 Å². The minimum atomic E-state index is -1.70. The van der Waals surface area contributed by atoms with E-state index in [1.807, 2.05) is 6.92 Å². The molecule has 12 nitrogen and oxygen atoms in total. The van der Waals surface area contributed by atoms with Gasteiger partial charge in [0, 0.05) is 18.1 Å². The number of carboxylic acid groups (broad SMARTS) is 1. The lowest BCUT2D eigenvalue weighted by Crippen LogP contribution is -2.61. The molecule has 10 atom stereocenters. The van der Waals surface area contributed by atoms with Gasteiger partial charge in [-0.2, -0.15) is 0 Å². The van der Waals surface area contributed by atoms with E-state index >= 15 is 0 Å². The molecule has 1 saturated carbocycles.